The van der Waals surface area contributed by atoms with Gasteiger partial charge in [0.1, 0.15) is 5.60 Å². The molecule has 0 aromatic heterocycles. The van der Waals surface area contributed by atoms with Crippen LogP contribution in [0, 0.1) is 12.3 Å². The van der Waals surface area contributed by atoms with Crippen LogP contribution >= 0.6 is 0 Å². The van der Waals surface area contributed by atoms with E-state index in [-0.39, 0.29) is 0 Å². The first kappa shape index (κ1) is 17.0. The Labute approximate surface area is 136 Å². The van der Waals surface area contributed by atoms with Crippen molar-refractivity contribution in [1.82, 2.24) is 5.32 Å². The molecule has 0 unspecified atom stereocenters. The molecule has 1 amide bonds. The van der Waals surface area contributed by atoms with Gasteiger partial charge in [0, 0.05) is 11.3 Å². The van der Waals surface area contributed by atoms with Gasteiger partial charge in [-0.2, -0.15) is 0 Å². The lowest BCUT2D eigenvalue weighted by atomic mass is 9.95. The third-order valence-corrected chi connectivity index (χ3v) is 3.60. The largest absolute Gasteiger partial charge is 0.458 e. The Kier molecular flexibility index (Phi) is 4.76. The summed E-state index contributed by atoms with van der Waals surface area (Å²) in [4.78, 5) is 25.2. The summed E-state index contributed by atoms with van der Waals surface area (Å²) < 4.78 is 5.43. The number of amides is 1. The molecule has 2 rings (SSSR count). The fraction of sp³-hybridized carbons (Fsp3) is 0.444. The number of carbonyl (C=O) groups is 2. The van der Waals surface area contributed by atoms with E-state index in [4.69, 9.17) is 11.2 Å². The minimum atomic E-state index is -1.34. The maximum Gasteiger partial charge on any atom is 0.336 e. The molecule has 0 spiro atoms. The first-order chi connectivity index (χ1) is 10.8. The number of hydrogen-bond acceptors (Lipinski definition) is 4. The van der Waals surface area contributed by atoms with Gasteiger partial charge in [0.2, 0.25) is 0 Å². The van der Waals surface area contributed by atoms with Crippen molar-refractivity contribution in [2.45, 2.75) is 44.8 Å². The summed E-state index contributed by atoms with van der Waals surface area (Å²) in [6.45, 7) is 5.95. The van der Waals surface area contributed by atoms with Gasteiger partial charge < -0.3 is 10.1 Å². The number of nitrogens with one attached hydrogen (secondary N) is 2. The lowest BCUT2D eigenvalue weighted by Crippen LogP contribution is -2.58. The molecule has 1 atom stereocenters. The molecular weight excluding hydrogens is 292 g/mol. The van der Waals surface area contributed by atoms with Crippen LogP contribution in [-0.4, -0.2) is 29.6 Å². The summed E-state index contributed by atoms with van der Waals surface area (Å²) in [6, 6.07) is 6.89. The van der Waals surface area contributed by atoms with Crippen molar-refractivity contribution in [3.63, 3.8) is 0 Å². The Hall–Kier alpha value is -2.32. The van der Waals surface area contributed by atoms with E-state index >= 15 is 0 Å². The molecule has 1 aromatic carbocycles. The summed E-state index contributed by atoms with van der Waals surface area (Å²) in [5.41, 5.74) is -0.671. The summed E-state index contributed by atoms with van der Waals surface area (Å²) in [7, 11) is 0. The fourth-order valence-corrected chi connectivity index (χ4v) is 2.46. The standard InChI is InChI=1S/C18H22N2O3/c1-5-13-7-9-14(10-8-13)20-15(21)18(11-6-12-19-18)16(22)23-17(2,3)4/h1,7-10,19H,6,11-12H2,2-4H3,(H,20,21)/t18-/m0/s1. The Morgan fingerprint density at radius 3 is 2.43 bits per heavy atom. The summed E-state index contributed by atoms with van der Waals surface area (Å²) >= 11 is 0. The summed E-state index contributed by atoms with van der Waals surface area (Å²) in [5, 5.41) is 5.79. The molecule has 0 saturated carbocycles. The molecule has 1 aromatic rings. The molecule has 0 aliphatic carbocycles. The summed E-state index contributed by atoms with van der Waals surface area (Å²) in [5.74, 6) is 1.57. The minimum Gasteiger partial charge on any atom is -0.458 e. The quantitative estimate of drug-likeness (QED) is 0.509. The highest BCUT2D eigenvalue weighted by molar-refractivity contribution is 6.13. The van der Waals surface area contributed by atoms with Crippen molar-refractivity contribution in [1.29, 1.82) is 0 Å². The third-order valence-electron chi connectivity index (χ3n) is 3.60. The Morgan fingerprint density at radius 2 is 1.96 bits per heavy atom. The smallest absolute Gasteiger partial charge is 0.336 e. The normalized spacial score (nSPS) is 20.6. The molecule has 0 radical (unpaired) electrons. The van der Waals surface area contributed by atoms with Crippen LogP contribution in [0.4, 0.5) is 5.69 Å². The zero-order chi connectivity index (χ0) is 17.1. The van der Waals surface area contributed by atoms with E-state index in [0.29, 0.717) is 18.7 Å². The lowest BCUT2D eigenvalue weighted by molar-refractivity contribution is -0.164. The van der Waals surface area contributed by atoms with Gasteiger partial charge in [0.05, 0.1) is 0 Å². The molecule has 5 nitrogen and oxygen atoms in total. The fourth-order valence-electron chi connectivity index (χ4n) is 2.46. The van der Waals surface area contributed by atoms with E-state index in [1.807, 2.05) is 0 Å². The first-order valence-corrected chi connectivity index (χ1v) is 7.63. The van der Waals surface area contributed by atoms with Crippen LogP contribution in [0.15, 0.2) is 24.3 Å². The molecule has 1 heterocycles. The Morgan fingerprint density at radius 1 is 1.30 bits per heavy atom. The number of esters is 1. The van der Waals surface area contributed by atoms with E-state index < -0.39 is 23.0 Å². The van der Waals surface area contributed by atoms with Crippen LogP contribution in [-0.2, 0) is 14.3 Å². The average molecular weight is 314 g/mol. The molecule has 2 N–H and O–H groups in total. The molecular formula is C18H22N2O3. The molecule has 1 saturated heterocycles. The Balaban J connectivity index is 2.18. The number of ether oxygens (including phenoxy) is 1. The third kappa shape index (κ3) is 3.91. The number of carbonyl (C=O) groups excluding carboxylic acids is 2. The van der Waals surface area contributed by atoms with Crippen molar-refractivity contribution < 1.29 is 14.3 Å². The second-order valence-electron chi connectivity index (χ2n) is 6.61. The molecule has 122 valence electrons. The summed E-state index contributed by atoms with van der Waals surface area (Å²) in [6.07, 6.45) is 6.46. The average Bonchev–Trinajstić information content (AvgIpc) is 2.97. The molecule has 1 fully saturated rings. The number of anilines is 1. The van der Waals surface area contributed by atoms with Gasteiger partial charge in [-0.1, -0.05) is 5.92 Å². The topological polar surface area (TPSA) is 67.4 Å². The predicted molar refractivity (Wildman–Crippen MR) is 88.8 cm³/mol. The first-order valence-electron chi connectivity index (χ1n) is 7.63. The SMILES string of the molecule is C#Cc1ccc(NC(=O)[C@]2(C(=O)OC(C)(C)C)CCCN2)cc1. The molecule has 23 heavy (non-hydrogen) atoms. The van der Waals surface area contributed by atoms with Crippen LogP contribution in [0.2, 0.25) is 0 Å². The lowest BCUT2D eigenvalue weighted by Gasteiger charge is -2.30. The van der Waals surface area contributed by atoms with Gasteiger partial charge >= 0.3 is 5.97 Å². The number of terminal acetylenes is 1. The molecule has 5 heteroatoms. The van der Waals surface area contributed by atoms with E-state index in [1.54, 1.807) is 45.0 Å². The van der Waals surface area contributed by atoms with Gasteiger partial charge in [-0.05, 0) is 64.4 Å². The maximum absolute atomic E-state index is 12.7. The molecule has 0 bridgehead atoms. The van der Waals surface area contributed by atoms with Crippen LogP contribution in [0.25, 0.3) is 0 Å². The van der Waals surface area contributed by atoms with E-state index in [1.165, 1.54) is 0 Å². The second kappa shape index (κ2) is 6.43. The second-order valence-corrected chi connectivity index (χ2v) is 6.61. The monoisotopic (exact) mass is 314 g/mol. The zero-order valence-electron chi connectivity index (χ0n) is 13.7. The van der Waals surface area contributed by atoms with E-state index in [9.17, 15) is 9.59 Å². The van der Waals surface area contributed by atoms with Crippen molar-refractivity contribution in [3.05, 3.63) is 29.8 Å². The van der Waals surface area contributed by atoms with Gasteiger partial charge in [-0.25, -0.2) is 4.79 Å². The maximum atomic E-state index is 12.7. The minimum absolute atomic E-state index is 0.405. The van der Waals surface area contributed by atoms with Gasteiger partial charge in [0.25, 0.3) is 5.91 Å². The number of benzene rings is 1. The van der Waals surface area contributed by atoms with Crippen molar-refractivity contribution in [2.75, 3.05) is 11.9 Å². The van der Waals surface area contributed by atoms with Crippen LogP contribution < -0.4 is 10.6 Å². The van der Waals surface area contributed by atoms with Gasteiger partial charge in [-0.3, -0.25) is 10.1 Å². The van der Waals surface area contributed by atoms with E-state index in [2.05, 4.69) is 16.6 Å². The highest BCUT2D eigenvalue weighted by atomic mass is 16.6. The van der Waals surface area contributed by atoms with E-state index in [0.717, 1.165) is 12.0 Å². The Bertz CT molecular complexity index is 630. The van der Waals surface area contributed by atoms with Crippen molar-refractivity contribution in [2.24, 2.45) is 0 Å². The zero-order valence-corrected chi connectivity index (χ0v) is 13.7. The van der Waals surface area contributed by atoms with Gasteiger partial charge in [0.15, 0.2) is 5.54 Å². The van der Waals surface area contributed by atoms with Crippen LogP contribution in [0.5, 0.6) is 0 Å². The number of hydrogen-bond donors (Lipinski definition) is 2. The molecule has 1 aliphatic heterocycles. The number of rotatable bonds is 3. The molecule has 1 aliphatic rings. The highest BCUT2D eigenvalue weighted by Crippen LogP contribution is 2.25. The highest BCUT2D eigenvalue weighted by Gasteiger charge is 2.50. The van der Waals surface area contributed by atoms with Crippen LogP contribution in [0.1, 0.15) is 39.2 Å². The van der Waals surface area contributed by atoms with Gasteiger partial charge in [-0.15, -0.1) is 6.42 Å². The van der Waals surface area contributed by atoms with Crippen molar-refractivity contribution in [3.8, 4) is 12.3 Å². The van der Waals surface area contributed by atoms with Crippen molar-refractivity contribution >= 4 is 17.6 Å². The van der Waals surface area contributed by atoms with Crippen LogP contribution in [0.3, 0.4) is 0 Å². The predicted octanol–water partition coefficient (Wildman–Crippen LogP) is 2.07.